The van der Waals surface area contributed by atoms with Crippen molar-refractivity contribution in [3.63, 3.8) is 0 Å². The zero-order valence-corrected chi connectivity index (χ0v) is 11.2. The van der Waals surface area contributed by atoms with Gasteiger partial charge in [0.1, 0.15) is 5.75 Å². The maximum Gasteiger partial charge on any atom is 0.417 e. The number of hydrogen-bond donors (Lipinski definition) is 1. The average Bonchev–Trinajstić information content (AvgIpc) is 2.14. The quantitative estimate of drug-likeness (QED) is 0.928. The minimum absolute atomic E-state index is 0.124. The summed E-state index contributed by atoms with van der Waals surface area (Å²) in [7, 11) is 0. The molecule has 0 aliphatic heterocycles. The second-order valence-corrected chi connectivity index (χ2v) is 4.97. The van der Waals surface area contributed by atoms with Gasteiger partial charge in [-0.2, -0.15) is 13.2 Å². The van der Waals surface area contributed by atoms with E-state index in [1.54, 1.807) is 0 Å². The molecular weight excluding hydrogens is 315 g/mol. The number of nitrogens with two attached hydrogens (primary N) is 1. The molecular formula is C11H11BrF3NO2. The number of hydrogen-bond acceptors (Lipinski definition) is 2. The summed E-state index contributed by atoms with van der Waals surface area (Å²) in [6.45, 7) is 2.86. The summed E-state index contributed by atoms with van der Waals surface area (Å²) in [5, 5.41) is 0. The van der Waals surface area contributed by atoms with Crippen molar-refractivity contribution in [1.82, 2.24) is 0 Å². The zero-order valence-electron chi connectivity index (χ0n) is 9.64. The van der Waals surface area contributed by atoms with Crippen LogP contribution in [0.2, 0.25) is 0 Å². The van der Waals surface area contributed by atoms with Gasteiger partial charge in [-0.25, -0.2) is 0 Å². The van der Waals surface area contributed by atoms with Crippen LogP contribution < -0.4 is 10.5 Å². The number of amides is 1. The molecule has 0 aliphatic rings. The fourth-order valence-electron chi connectivity index (χ4n) is 1.13. The molecule has 100 valence electrons. The molecule has 1 aromatic carbocycles. The molecule has 0 saturated heterocycles. The molecule has 0 spiro atoms. The molecule has 0 radical (unpaired) electrons. The summed E-state index contributed by atoms with van der Waals surface area (Å²) in [5.74, 6) is -0.586. The number of carbonyl (C=O) groups is 1. The van der Waals surface area contributed by atoms with Gasteiger partial charge in [0.25, 0.3) is 5.91 Å². The number of benzene rings is 1. The third-order valence-electron chi connectivity index (χ3n) is 2.21. The van der Waals surface area contributed by atoms with E-state index >= 15 is 0 Å². The lowest BCUT2D eigenvalue weighted by Gasteiger charge is -2.23. The lowest BCUT2D eigenvalue weighted by atomic mass is 10.1. The van der Waals surface area contributed by atoms with Crippen LogP contribution in [0.3, 0.4) is 0 Å². The van der Waals surface area contributed by atoms with E-state index in [0.29, 0.717) is 0 Å². The van der Waals surface area contributed by atoms with Gasteiger partial charge in [0.05, 0.1) is 5.56 Å². The van der Waals surface area contributed by atoms with Crippen LogP contribution in [0.4, 0.5) is 13.2 Å². The predicted octanol–water partition coefficient (Wildman–Crippen LogP) is 3.11. The van der Waals surface area contributed by atoms with E-state index in [-0.39, 0.29) is 10.2 Å². The van der Waals surface area contributed by atoms with Crippen molar-refractivity contribution in [1.29, 1.82) is 0 Å². The summed E-state index contributed by atoms with van der Waals surface area (Å²) in [6, 6.07) is 3.16. The van der Waals surface area contributed by atoms with E-state index in [1.807, 2.05) is 0 Å². The highest BCUT2D eigenvalue weighted by atomic mass is 79.9. The lowest BCUT2D eigenvalue weighted by molar-refractivity contribution is -0.138. The van der Waals surface area contributed by atoms with Crippen LogP contribution >= 0.6 is 15.9 Å². The second kappa shape index (κ2) is 4.79. The third kappa shape index (κ3) is 3.38. The molecule has 7 heteroatoms. The average molecular weight is 326 g/mol. The molecule has 0 saturated carbocycles. The van der Waals surface area contributed by atoms with Gasteiger partial charge in [0.15, 0.2) is 5.60 Å². The van der Waals surface area contributed by atoms with Gasteiger partial charge in [-0.15, -0.1) is 0 Å². The fourth-order valence-corrected chi connectivity index (χ4v) is 1.72. The molecule has 1 rings (SSSR count). The molecule has 18 heavy (non-hydrogen) atoms. The Bertz CT molecular complexity index is 472. The maximum atomic E-state index is 12.5. The number of primary amides is 1. The van der Waals surface area contributed by atoms with E-state index in [9.17, 15) is 18.0 Å². The first kappa shape index (κ1) is 14.8. The highest BCUT2D eigenvalue weighted by Gasteiger charge is 2.33. The maximum absolute atomic E-state index is 12.5. The van der Waals surface area contributed by atoms with Crippen molar-refractivity contribution in [3.8, 4) is 5.75 Å². The molecule has 0 atom stereocenters. The molecule has 1 amide bonds. The SMILES string of the molecule is CC(C)(Oc1ccc(C(F)(F)F)c(Br)c1)C(N)=O. The minimum Gasteiger partial charge on any atom is -0.478 e. The predicted molar refractivity (Wildman–Crippen MR) is 63.0 cm³/mol. The number of carbonyl (C=O) groups excluding carboxylic acids is 1. The van der Waals surface area contributed by atoms with E-state index in [1.165, 1.54) is 13.8 Å². The topological polar surface area (TPSA) is 52.3 Å². The molecule has 1 aromatic rings. The van der Waals surface area contributed by atoms with Gasteiger partial charge in [-0.3, -0.25) is 4.79 Å². The highest BCUT2D eigenvalue weighted by Crippen LogP contribution is 2.37. The Morgan fingerprint density at radius 3 is 2.28 bits per heavy atom. The Kier molecular flexibility index (Phi) is 3.95. The Morgan fingerprint density at radius 1 is 1.33 bits per heavy atom. The fraction of sp³-hybridized carbons (Fsp3) is 0.364. The van der Waals surface area contributed by atoms with Gasteiger partial charge in [-0.1, -0.05) is 15.9 Å². The Labute approximate surface area is 110 Å². The third-order valence-corrected chi connectivity index (χ3v) is 2.87. The number of ether oxygens (including phenoxy) is 1. The lowest BCUT2D eigenvalue weighted by Crippen LogP contribution is -2.43. The summed E-state index contributed by atoms with van der Waals surface area (Å²) < 4.78 is 42.6. The normalized spacial score (nSPS) is 12.3. The van der Waals surface area contributed by atoms with Crippen LogP contribution in [0, 0.1) is 0 Å². The molecule has 0 heterocycles. The Balaban J connectivity index is 3.03. The summed E-state index contributed by atoms with van der Waals surface area (Å²) in [5.41, 5.74) is 2.99. The van der Waals surface area contributed by atoms with Gasteiger partial charge >= 0.3 is 6.18 Å². The summed E-state index contributed by atoms with van der Waals surface area (Å²) in [4.78, 5) is 11.0. The minimum atomic E-state index is -4.45. The standard InChI is InChI=1S/C11H11BrF3NO2/c1-10(2,9(16)17)18-6-3-4-7(8(12)5-6)11(13,14)15/h3-5H,1-2H3,(H2,16,17). The molecule has 0 aliphatic carbocycles. The van der Waals surface area contributed by atoms with Crippen molar-refractivity contribution >= 4 is 21.8 Å². The number of rotatable bonds is 3. The highest BCUT2D eigenvalue weighted by molar-refractivity contribution is 9.10. The first-order valence-corrected chi connectivity index (χ1v) is 5.69. The molecule has 2 N–H and O–H groups in total. The molecule has 0 bridgehead atoms. The smallest absolute Gasteiger partial charge is 0.417 e. The van der Waals surface area contributed by atoms with Crippen molar-refractivity contribution in [2.75, 3.05) is 0 Å². The summed E-state index contributed by atoms with van der Waals surface area (Å²) in [6.07, 6.45) is -4.45. The van der Waals surface area contributed by atoms with Crippen LogP contribution in [-0.4, -0.2) is 11.5 Å². The van der Waals surface area contributed by atoms with E-state index in [4.69, 9.17) is 10.5 Å². The van der Waals surface area contributed by atoms with Gasteiger partial charge in [0.2, 0.25) is 0 Å². The Morgan fingerprint density at radius 2 is 1.89 bits per heavy atom. The van der Waals surface area contributed by atoms with Crippen LogP contribution in [-0.2, 0) is 11.0 Å². The van der Waals surface area contributed by atoms with Gasteiger partial charge in [0, 0.05) is 4.47 Å². The van der Waals surface area contributed by atoms with Crippen LogP contribution in [0.5, 0.6) is 5.75 Å². The molecule has 0 fully saturated rings. The molecule has 0 aromatic heterocycles. The first-order chi connectivity index (χ1) is 8.04. The van der Waals surface area contributed by atoms with Gasteiger partial charge < -0.3 is 10.5 Å². The second-order valence-electron chi connectivity index (χ2n) is 4.12. The molecule has 3 nitrogen and oxygen atoms in total. The number of halogens is 4. The van der Waals surface area contributed by atoms with Crippen LogP contribution in [0.15, 0.2) is 22.7 Å². The monoisotopic (exact) mass is 325 g/mol. The number of alkyl halides is 3. The molecule has 0 unspecified atom stereocenters. The Hall–Kier alpha value is -1.24. The van der Waals surface area contributed by atoms with E-state index < -0.39 is 23.2 Å². The van der Waals surface area contributed by atoms with Crippen molar-refractivity contribution in [3.05, 3.63) is 28.2 Å². The van der Waals surface area contributed by atoms with E-state index in [2.05, 4.69) is 15.9 Å². The largest absolute Gasteiger partial charge is 0.478 e. The summed E-state index contributed by atoms with van der Waals surface area (Å²) >= 11 is 2.81. The zero-order chi connectivity index (χ0) is 14.1. The van der Waals surface area contributed by atoms with Crippen molar-refractivity contribution in [2.24, 2.45) is 5.73 Å². The van der Waals surface area contributed by atoms with E-state index in [0.717, 1.165) is 18.2 Å². The van der Waals surface area contributed by atoms with Crippen molar-refractivity contribution in [2.45, 2.75) is 25.6 Å². The van der Waals surface area contributed by atoms with Gasteiger partial charge in [-0.05, 0) is 32.0 Å². The first-order valence-electron chi connectivity index (χ1n) is 4.90. The van der Waals surface area contributed by atoms with Crippen LogP contribution in [0.25, 0.3) is 0 Å². The van der Waals surface area contributed by atoms with Crippen LogP contribution in [0.1, 0.15) is 19.4 Å². The van der Waals surface area contributed by atoms with Crippen molar-refractivity contribution < 1.29 is 22.7 Å².